The molecule has 5 nitrogen and oxygen atoms in total. The molecular weight excluding hydrogens is 348 g/mol. The van der Waals surface area contributed by atoms with Crippen molar-refractivity contribution in [2.75, 3.05) is 11.9 Å². The molecule has 0 aliphatic heterocycles. The summed E-state index contributed by atoms with van der Waals surface area (Å²) in [6.45, 7) is -0.376. The number of thiophene rings is 1. The maximum absolute atomic E-state index is 12.0. The summed E-state index contributed by atoms with van der Waals surface area (Å²) in [6, 6.07) is 8.34. The topological polar surface area (TPSA) is 79.2 Å². The zero-order valence-corrected chi connectivity index (χ0v) is 14.2. The lowest BCUT2D eigenvalue weighted by atomic mass is 10.2. The minimum atomic E-state index is -0.484. The number of nitrogens with one attached hydrogen (secondary N) is 1. The Bertz CT molecular complexity index is 833. The molecule has 1 aromatic carbocycles. The van der Waals surface area contributed by atoms with Crippen LogP contribution in [0.15, 0.2) is 24.3 Å². The number of fused-ring (bicyclic) bond motifs is 1. The lowest BCUT2D eigenvalue weighted by molar-refractivity contribution is -0.119. The number of nitrogens with zero attached hydrogens (tertiary/aromatic N) is 1. The molecule has 1 aromatic heterocycles. The fraction of sp³-hybridized carbons (Fsp3) is 0.235. The molecule has 0 spiro atoms. The van der Waals surface area contributed by atoms with Gasteiger partial charge in [0.25, 0.3) is 5.91 Å². The first-order chi connectivity index (χ1) is 11.6. The van der Waals surface area contributed by atoms with Gasteiger partial charge in [0.15, 0.2) is 6.61 Å². The second kappa shape index (κ2) is 7.04. The molecule has 1 amide bonds. The average Bonchev–Trinajstić information content (AvgIpc) is 3.14. The van der Waals surface area contributed by atoms with E-state index >= 15 is 0 Å². The zero-order valence-electron chi connectivity index (χ0n) is 12.6. The van der Waals surface area contributed by atoms with E-state index in [1.807, 2.05) is 12.1 Å². The minimum absolute atomic E-state index is 0.250. The highest BCUT2D eigenvalue weighted by molar-refractivity contribution is 7.14. The third-order valence-corrected chi connectivity index (χ3v) is 5.19. The van der Waals surface area contributed by atoms with Crippen LogP contribution in [0.3, 0.4) is 0 Å². The number of ether oxygens (including phenoxy) is 1. The zero-order chi connectivity index (χ0) is 17.1. The van der Waals surface area contributed by atoms with Crippen LogP contribution in [-0.4, -0.2) is 18.5 Å². The summed E-state index contributed by atoms with van der Waals surface area (Å²) in [6.07, 6.45) is 3.14. The van der Waals surface area contributed by atoms with Gasteiger partial charge in [0.1, 0.15) is 10.9 Å². The highest BCUT2D eigenvalue weighted by atomic mass is 35.5. The van der Waals surface area contributed by atoms with E-state index in [1.165, 1.54) is 33.9 Å². The number of esters is 1. The molecule has 1 aliphatic carbocycles. The van der Waals surface area contributed by atoms with Crippen molar-refractivity contribution in [1.82, 2.24) is 0 Å². The number of benzene rings is 1. The Hall–Kier alpha value is -2.36. The monoisotopic (exact) mass is 360 g/mol. The van der Waals surface area contributed by atoms with Crippen LogP contribution in [0, 0.1) is 11.3 Å². The normalized spacial score (nSPS) is 12.3. The van der Waals surface area contributed by atoms with Crippen molar-refractivity contribution >= 4 is 40.5 Å². The van der Waals surface area contributed by atoms with E-state index in [0.29, 0.717) is 16.1 Å². The molecule has 0 fully saturated rings. The number of carbonyl (C=O) groups excluding carboxylic acids is 2. The molecule has 0 radical (unpaired) electrons. The van der Waals surface area contributed by atoms with Crippen LogP contribution in [0.1, 0.15) is 32.1 Å². The summed E-state index contributed by atoms with van der Waals surface area (Å²) >= 11 is 7.34. The molecule has 0 saturated heterocycles. The molecule has 7 heteroatoms. The van der Waals surface area contributed by atoms with Gasteiger partial charge in [0.2, 0.25) is 0 Å². The SMILES string of the molecule is N#Cc1ccc(NC(=O)COC(=O)c2cc3c(s2)CCC3)cc1Cl. The summed E-state index contributed by atoms with van der Waals surface area (Å²) < 4.78 is 5.05. The number of amides is 1. The number of carbonyl (C=O) groups is 2. The van der Waals surface area contributed by atoms with Crippen LogP contribution >= 0.6 is 22.9 Å². The largest absolute Gasteiger partial charge is 0.451 e. The first-order valence-electron chi connectivity index (χ1n) is 7.35. The van der Waals surface area contributed by atoms with Gasteiger partial charge in [-0.25, -0.2) is 4.79 Å². The Balaban J connectivity index is 1.54. The summed E-state index contributed by atoms with van der Waals surface area (Å²) in [5.41, 5.74) is 1.98. The first kappa shape index (κ1) is 16.5. The van der Waals surface area contributed by atoms with Gasteiger partial charge in [-0.3, -0.25) is 4.79 Å². The van der Waals surface area contributed by atoms with E-state index in [2.05, 4.69) is 5.32 Å². The fourth-order valence-electron chi connectivity index (χ4n) is 2.51. The number of rotatable bonds is 4. The number of nitriles is 1. The van der Waals surface area contributed by atoms with Crippen LogP contribution in [0.5, 0.6) is 0 Å². The molecule has 1 N–H and O–H groups in total. The summed E-state index contributed by atoms with van der Waals surface area (Å²) in [4.78, 5) is 25.6. The summed E-state index contributed by atoms with van der Waals surface area (Å²) in [5, 5.41) is 11.6. The van der Waals surface area contributed by atoms with Crippen LogP contribution < -0.4 is 5.32 Å². The lowest BCUT2D eigenvalue weighted by Gasteiger charge is -2.07. The van der Waals surface area contributed by atoms with Crippen LogP contribution in [0.2, 0.25) is 5.02 Å². The van der Waals surface area contributed by atoms with Crippen molar-refractivity contribution in [3.63, 3.8) is 0 Å². The summed E-state index contributed by atoms with van der Waals surface area (Å²) in [7, 11) is 0. The number of anilines is 1. The maximum Gasteiger partial charge on any atom is 0.348 e. The van der Waals surface area contributed by atoms with E-state index in [1.54, 1.807) is 6.07 Å². The van der Waals surface area contributed by atoms with Gasteiger partial charge in [-0.15, -0.1) is 11.3 Å². The molecule has 1 heterocycles. The van der Waals surface area contributed by atoms with Crippen molar-refractivity contribution in [3.05, 3.63) is 50.2 Å². The fourth-order valence-corrected chi connectivity index (χ4v) is 3.88. The maximum atomic E-state index is 12.0. The Labute approximate surface area is 147 Å². The highest BCUT2D eigenvalue weighted by Gasteiger charge is 2.20. The molecule has 122 valence electrons. The third kappa shape index (κ3) is 3.58. The Morgan fingerprint density at radius 2 is 2.17 bits per heavy atom. The Morgan fingerprint density at radius 1 is 1.33 bits per heavy atom. The number of halogens is 1. The Kier molecular flexibility index (Phi) is 4.84. The smallest absolute Gasteiger partial charge is 0.348 e. The van der Waals surface area contributed by atoms with Crippen molar-refractivity contribution < 1.29 is 14.3 Å². The van der Waals surface area contributed by atoms with Gasteiger partial charge in [0.05, 0.1) is 10.6 Å². The number of aryl methyl sites for hydroxylation is 2. The minimum Gasteiger partial charge on any atom is -0.451 e. The van der Waals surface area contributed by atoms with Gasteiger partial charge in [0, 0.05) is 10.6 Å². The molecule has 3 rings (SSSR count). The third-order valence-electron chi connectivity index (χ3n) is 3.66. The standard InChI is InChI=1S/C17H13ClN2O3S/c18-13-7-12(5-4-11(13)8-19)20-16(21)9-23-17(22)15-6-10-2-1-3-14(10)24-15/h4-7H,1-3,9H2,(H,20,21). The molecular formula is C17H13ClN2O3S. The van der Waals surface area contributed by atoms with Crippen molar-refractivity contribution in [2.45, 2.75) is 19.3 Å². The first-order valence-corrected chi connectivity index (χ1v) is 8.54. The van der Waals surface area contributed by atoms with Gasteiger partial charge in [-0.2, -0.15) is 5.26 Å². The molecule has 0 unspecified atom stereocenters. The average molecular weight is 361 g/mol. The lowest BCUT2D eigenvalue weighted by Crippen LogP contribution is -2.20. The molecule has 24 heavy (non-hydrogen) atoms. The van der Waals surface area contributed by atoms with E-state index in [-0.39, 0.29) is 11.6 Å². The van der Waals surface area contributed by atoms with Crippen LogP contribution in [0.4, 0.5) is 5.69 Å². The second-order valence-electron chi connectivity index (χ2n) is 5.34. The predicted octanol–water partition coefficient (Wildman–Crippen LogP) is 3.56. The van der Waals surface area contributed by atoms with Crippen molar-refractivity contribution in [3.8, 4) is 6.07 Å². The summed E-state index contributed by atoms with van der Waals surface area (Å²) in [5.74, 6) is -0.948. The van der Waals surface area contributed by atoms with Crippen molar-refractivity contribution in [2.24, 2.45) is 0 Å². The van der Waals surface area contributed by atoms with Gasteiger partial charge in [-0.1, -0.05) is 11.6 Å². The van der Waals surface area contributed by atoms with E-state index in [4.69, 9.17) is 21.6 Å². The molecule has 0 saturated carbocycles. The van der Waals surface area contributed by atoms with Crippen molar-refractivity contribution in [1.29, 1.82) is 5.26 Å². The molecule has 0 bridgehead atoms. The predicted molar refractivity (Wildman–Crippen MR) is 91.4 cm³/mol. The van der Waals surface area contributed by atoms with Crippen LogP contribution in [0.25, 0.3) is 0 Å². The van der Waals surface area contributed by atoms with Crippen LogP contribution in [-0.2, 0) is 22.4 Å². The highest BCUT2D eigenvalue weighted by Crippen LogP contribution is 2.30. The Morgan fingerprint density at radius 3 is 2.88 bits per heavy atom. The second-order valence-corrected chi connectivity index (χ2v) is 6.89. The molecule has 2 aromatic rings. The number of hydrogen-bond acceptors (Lipinski definition) is 5. The van der Waals surface area contributed by atoms with Gasteiger partial charge < -0.3 is 10.1 Å². The quantitative estimate of drug-likeness (QED) is 0.845. The van der Waals surface area contributed by atoms with E-state index in [9.17, 15) is 9.59 Å². The molecule has 0 atom stereocenters. The van der Waals surface area contributed by atoms with Gasteiger partial charge >= 0.3 is 5.97 Å². The van der Waals surface area contributed by atoms with Gasteiger partial charge in [-0.05, 0) is 49.1 Å². The van der Waals surface area contributed by atoms with E-state index in [0.717, 1.165) is 19.3 Å². The molecule has 1 aliphatic rings. The number of hydrogen-bond donors (Lipinski definition) is 1. The van der Waals surface area contributed by atoms with E-state index < -0.39 is 11.9 Å².